The van der Waals surface area contributed by atoms with Gasteiger partial charge in [0.05, 0.1) is 6.61 Å². The minimum atomic E-state index is 0.00538. The van der Waals surface area contributed by atoms with E-state index in [1.54, 1.807) is 0 Å². The Bertz CT molecular complexity index is 625. The number of aliphatic hydroxyl groups is 1. The van der Waals surface area contributed by atoms with Gasteiger partial charge in [0, 0.05) is 35.8 Å². The first-order chi connectivity index (χ1) is 10.3. The molecule has 0 radical (unpaired) electrons. The van der Waals surface area contributed by atoms with Gasteiger partial charge in [-0.2, -0.15) is 0 Å². The van der Waals surface area contributed by atoms with E-state index in [9.17, 15) is 9.90 Å². The number of fused-ring (bicyclic) bond motifs is 1. The molecule has 0 saturated carbocycles. The third kappa shape index (κ3) is 2.95. The second-order valence-corrected chi connectivity index (χ2v) is 5.75. The number of hydrogen-bond donors (Lipinski definition) is 1. The topological polar surface area (TPSA) is 45.5 Å². The number of hydrogen-bond acceptors (Lipinski definition) is 2. The Balaban J connectivity index is 1.82. The lowest BCUT2D eigenvalue weighted by Crippen LogP contribution is -2.34. The van der Waals surface area contributed by atoms with E-state index in [0.717, 1.165) is 42.4 Å². The number of nitrogens with zero attached hydrogens (tertiary/aromatic N) is 2. The third-order valence-corrected chi connectivity index (χ3v) is 4.31. The number of para-hydroxylation sites is 1. The summed E-state index contributed by atoms with van der Waals surface area (Å²) < 4.78 is 1.97. The molecule has 1 fully saturated rings. The second kappa shape index (κ2) is 6.31. The SMILES string of the molecule is O=C(Cn1cc(CO)c2ccccc21)N1CCCCCC1. The van der Waals surface area contributed by atoms with Gasteiger partial charge < -0.3 is 14.6 Å². The van der Waals surface area contributed by atoms with Gasteiger partial charge >= 0.3 is 0 Å². The Labute approximate surface area is 125 Å². The fourth-order valence-electron chi connectivity index (χ4n) is 3.15. The van der Waals surface area contributed by atoms with E-state index in [0.29, 0.717) is 6.54 Å². The molecular weight excluding hydrogens is 264 g/mol. The first-order valence-electron chi connectivity index (χ1n) is 7.75. The summed E-state index contributed by atoms with van der Waals surface area (Å²) in [6.45, 7) is 2.13. The summed E-state index contributed by atoms with van der Waals surface area (Å²) >= 11 is 0. The number of benzene rings is 1. The van der Waals surface area contributed by atoms with Gasteiger partial charge in [0.2, 0.25) is 5.91 Å². The molecule has 112 valence electrons. The molecule has 21 heavy (non-hydrogen) atoms. The number of aliphatic hydroxyl groups excluding tert-OH is 1. The molecule has 1 aromatic carbocycles. The molecule has 1 saturated heterocycles. The average molecular weight is 286 g/mol. The van der Waals surface area contributed by atoms with Crippen molar-refractivity contribution in [3.8, 4) is 0 Å². The van der Waals surface area contributed by atoms with Crippen LogP contribution in [0, 0.1) is 0 Å². The smallest absolute Gasteiger partial charge is 0.242 e. The van der Waals surface area contributed by atoms with Crippen LogP contribution in [0.2, 0.25) is 0 Å². The molecule has 0 atom stereocenters. The molecule has 2 aromatic rings. The normalized spacial score (nSPS) is 16.1. The zero-order chi connectivity index (χ0) is 14.7. The molecule has 0 spiro atoms. The van der Waals surface area contributed by atoms with Crippen LogP contribution in [0.4, 0.5) is 0 Å². The number of amides is 1. The molecule has 0 bridgehead atoms. The predicted octanol–water partition coefficient (Wildman–Crippen LogP) is 2.54. The molecule has 1 aliphatic heterocycles. The van der Waals surface area contributed by atoms with Crippen LogP contribution in [0.15, 0.2) is 30.5 Å². The van der Waals surface area contributed by atoms with Crippen LogP contribution < -0.4 is 0 Å². The molecular formula is C17H22N2O2. The summed E-state index contributed by atoms with van der Waals surface area (Å²) in [7, 11) is 0. The number of carbonyl (C=O) groups excluding carboxylic acids is 1. The summed E-state index contributed by atoms with van der Waals surface area (Å²) in [5.41, 5.74) is 1.90. The highest BCUT2D eigenvalue weighted by Crippen LogP contribution is 2.21. The number of likely N-dealkylation sites (tertiary alicyclic amines) is 1. The Morgan fingerprint density at radius 3 is 2.52 bits per heavy atom. The van der Waals surface area contributed by atoms with E-state index < -0.39 is 0 Å². The summed E-state index contributed by atoms with van der Waals surface area (Å²) in [5, 5.41) is 10.5. The lowest BCUT2D eigenvalue weighted by molar-refractivity contribution is -0.131. The Morgan fingerprint density at radius 2 is 1.81 bits per heavy atom. The Kier molecular flexibility index (Phi) is 4.25. The fraction of sp³-hybridized carbons (Fsp3) is 0.471. The van der Waals surface area contributed by atoms with E-state index in [-0.39, 0.29) is 12.5 Å². The van der Waals surface area contributed by atoms with Crippen molar-refractivity contribution in [1.82, 2.24) is 9.47 Å². The monoisotopic (exact) mass is 286 g/mol. The van der Waals surface area contributed by atoms with Crippen molar-refractivity contribution in [1.29, 1.82) is 0 Å². The molecule has 1 N–H and O–H groups in total. The van der Waals surface area contributed by atoms with Crippen molar-refractivity contribution in [2.24, 2.45) is 0 Å². The highest BCUT2D eigenvalue weighted by atomic mass is 16.3. The summed E-state index contributed by atoms with van der Waals surface area (Å²) in [6.07, 6.45) is 6.58. The van der Waals surface area contributed by atoms with E-state index in [4.69, 9.17) is 0 Å². The van der Waals surface area contributed by atoms with Crippen LogP contribution in [0.5, 0.6) is 0 Å². The van der Waals surface area contributed by atoms with Gasteiger partial charge in [0.1, 0.15) is 6.54 Å². The molecule has 2 heterocycles. The van der Waals surface area contributed by atoms with Crippen molar-refractivity contribution in [3.63, 3.8) is 0 Å². The molecule has 3 rings (SSSR count). The summed E-state index contributed by atoms with van der Waals surface area (Å²) in [5.74, 6) is 0.183. The van der Waals surface area contributed by atoms with E-state index in [1.807, 2.05) is 39.9 Å². The standard InChI is InChI=1S/C17H22N2O2/c20-13-14-11-19(16-8-4-3-7-15(14)16)12-17(21)18-9-5-1-2-6-10-18/h3-4,7-8,11,20H,1-2,5-6,9-10,12-13H2. The maximum Gasteiger partial charge on any atom is 0.242 e. The largest absolute Gasteiger partial charge is 0.392 e. The first-order valence-corrected chi connectivity index (χ1v) is 7.75. The van der Waals surface area contributed by atoms with Gasteiger partial charge in [-0.1, -0.05) is 31.0 Å². The maximum atomic E-state index is 12.5. The van der Waals surface area contributed by atoms with E-state index in [1.165, 1.54) is 12.8 Å². The molecule has 1 aliphatic rings. The first kappa shape index (κ1) is 14.1. The van der Waals surface area contributed by atoms with Crippen LogP contribution in [-0.4, -0.2) is 33.6 Å². The predicted molar refractivity (Wildman–Crippen MR) is 82.9 cm³/mol. The Morgan fingerprint density at radius 1 is 1.10 bits per heavy atom. The number of rotatable bonds is 3. The highest BCUT2D eigenvalue weighted by molar-refractivity contribution is 5.86. The van der Waals surface area contributed by atoms with Gasteiger partial charge in [0.15, 0.2) is 0 Å². The van der Waals surface area contributed by atoms with E-state index >= 15 is 0 Å². The van der Waals surface area contributed by atoms with E-state index in [2.05, 4.69) is 0 Å². The van der Waals surface area contributed by atoms with Crippen LogP contribution >= 0.6 is 0 Å². The lowest BCUT2D eigenvalue weighted by Gasteiger charge is -2.20. The van der Waals surface area contributed by atoms with Crippen molar-refractivity contribution in [2.75, 3.05) is 13.1 Å². The Hall–Kier alpha value is -1.81. The number of carbonyl (C=O) groups is 1. The molecule has 4 nitrogen and oxygen atoms in total. The van der Waals surface area contributed by atoms with Gasteiger partial charge in [0.25, 0.3) is 0 Å². The molecule has 1 aromatic heterocycles. The summed E-state index contributed by atoms with van der Waals surface area (Å²) in [4.78, 5) is 14.5. The molecule has 4 heteroatoms. The van der Waals surface area contributed by atoms with Crippen molar-refractivity contribution in [2.45, 2.75) is 38.8 Å². The third-order valence-electron chi connectivity index (χ3n) is 4.31. The van der Waals surface area contributed by atoms with Crippen molar-refractivity contribution < 1.29 is 9.90 Å². The van der Waals surface area contributed by atoms with Gasteiger partial charge in [-0.05, 0) is 18.9 Å². The maximum absolute atomic E-state index is 12.5. The van der Waals surface area contributed by atoms with Crippen LogP contribution in [0.25, 0.3) is 10.9 Å². The second-order valence-electron chi connectivity index (χ2n) is 5.75. The van der Waals surface area contributed by atoms with Gasteiger partial charge in [-0.15, -0.1) is 0 Å². The van der Waals surface area contributed by atoms with Crippen LogP contribution in [0.3, 0.4) is 0 Å². The zero-order valence-corrected chi connectivity index (χ0v) is 12.3. The van der Waals surface area contributed by atoms with Crippen molar-refractivity contribution >= 4 is 16.8 Å². The zero-order valence-electron chi connectivity index (χ0n) is 12.3. The average Bonchev–Trinajstić information content (AvgIpc) is 2.69. The minimum Gasteiger partial charge on any atom is -0.392 e. The van der Waals surface area contributed by atoms with Gasteiger partial charge in [-0.25, -0.2) is 0 Å². The fourth-order valence-corrected chi connectivity index (χ4v) is 3.15. The lowest BCUT2D eigenvalue weighted by atomic mass is 10.2. The van der Waals surface area contributed by atoms with Crippen LogP contribution in [-0.2, 0) is 17.9 Å². The highest BCUT2D eigenvalue weighted by Gasteiger charge is 2.17. The number of aromatic nitrogens is 1. The quantitative estimate of drug-likeness (QED) is 0.942. The minimum absolute atomic E-state index is 0.00538. The van der Waals surface area contributed by atoms with Gasteiger partial charge in [-0.3, -0.25) is 4.79 Å². The molecule has 1 amide bonds. The van der Waals surface area contributed by atoms with Crippen molar-refractivity contribution in [3.05, 3.63) is 36.0 Å². The molecule has 0 aliphatic carbocycles. The van der Waals surface area contributed by atoms with Crippen LogP contribution in [0.1, 0.15) is 31.2 Å². The summed E-state index contributed by atoms with van der Waals surface area (Å²) in [6, 6.07) is 7.93. The molecule has 0 unspecified atom stereocenters.